The van der Waals surface area contributed by atoms with Crippen molar-refractivity contribution in [2.75, 3.05) is 40.4 Å². The van der Waals surface area contributed by atoms with E-state index in [4.69, 9.17) is 9.47 Å². The van der Waals surface area contributed by atoms with E-state index < -0.39 is 5.82 Å². The minimum Gasteiger partial charge on any atom is -0.497 e. The maximum absolute atomic E-state index is 13.5. The normalized spacial score (nSPS) is 14.0. The van der Waals surface area contributed by atoms with Gasteiger partial charge >= 0.3 is 0 Å². The molecule has 2 aromatic rings. The van der Waals surface area contributed by atoms with E-state index in [1.54, 1.807) is 28.0 Å². The number of hydrogen-bond acceptors (Lipinski definition) is 4. The number of carbonyl (C=O) groups excluding carboxylic acids is 2. The van der Waals surface area contributed by atoms with E-state index in [9.17, 15) is 14.0 Å². The van der Waals surface area contributed by atoms with Gasteiger partial charge in [0, 0.05) is 42.3 Å². The van der Waals surface area contributed by atoms with E-state index >= 15 is 0 Å². The number of piperazine rings is 1. The molecule has 1 heterocycles. The standard InChI is InChI=1S/C20H20BrFN2O4/c1-27-15-9-13(10-16(12-15)28-2)19(25)23-5-7-24(8-6-23)20(26)17-11-14(22)3-4-18(17)21/h3-4,9-12H,5-8H2,1-2H3. The first kappa shape index (κ1) is 20.1. The lowest BCUT2D eigenvalue weighted by molar-refractivity contribution is 0.0534. The van der Waals surface area contributed by atoms with Crippen molar-refractivity contribution < 1.29 is 23.5 Å². The number of carbonyl (C=O) groups is 2. The van der Waals surface area contributed by atoms with Gasteiger partial charge in [-0.1, -0.05) is 0 Å². The molecule has 1 aliphatic rings. The Hall–Kier alpha value is -2.61. The number of nitrogens with zero attached hydrogens (tertiary/aromatic N) is 2. The summed E-state index contributed by atoms with van der Waals surface area (Å²) in [6.45, 7) is 1.51. The molecule has 8 heteroatoms. The Bertz CT molecular complexity index is 876. The molecule has 0 N–H and O–H groups in total. The molecular weight excluding hydrogens is 431 g/mol. The molecule has 1 saturated heterocycles. The zero-order valence-corrected chi connectivity index (χ0v) is 17.2. The van der Waals surface area contributed by atoms with Gasteiger partial charge in [-0.25, -0.2) is 4.39 Å². The summed E-state index contributed by atoms with van der Waals surface area (Å²) in [6.07, 6.45) is 0. The maximum atomic E-state index is 13.5. The third-order valence-electron chi connectivity index (χ3n) is 4.61. The highest BCUT2D eigenvalue weighted by atomic mass is 79.9. The van der Waals surface area contributed by atoms with Crippen molar-refractivity contribution in [2.45, 2.75) is 0 Å². The van der Waals surface area contributed by atoms with E-state index in [0.717, 1.165) is 0 Å². The SMILES string of the molecule is COc1cc(OC)cc(C(=O)N2CCN(C(=O)c3cc(F)ccc3Br)CC2)c1. The van der Waals surface area contributed by atoms with Gasteiger partial charge in [0.05, 0.1) is 19.8 Å². The van der Waals surface area contributed by atoms with Crippen molar-refractivity contribution in [3.8, 4) is 11.5 Å². The van der Waals surface area contributed by atoms with Gasteiger partial charge in [-0.2, -0.15) is 0 Å². The van der Waals surface area contributed by atoms with Gasteiger partial charge in [0.25, 0.3) is 11.8 Å². The lowest BCUT2D eigenvalue weighted by Gasteiger charge is -2.35. The third-order valence-corrected chi connectivity index (χ3v) is 5.30. The molecule has 0 bridgehead atoms. The fourth-order valence-electron chi connectivity index (χ4n) is 3.06. The smallest absolute Gasteiger partial charge is 0.255 e. The van der Waals surface area contributed by atoms with E-state index in [0.29, 0.717) is 47.7 Å². The molecule has 2 aromatic carbocycles. The molecule has 0 radical (unpaired) electrons. The Kier molecular flexibility index (Phi) is 6.18. The van der Waals surface area contributed by atoms with Crippen LogP contribution in [0, 0.1) is 5.82 Å². The topological polar surface area (TPSA) is 59.1 Å². The fourth-order valence-corrected chi connectivity index (χ4v) is 3.47. The first-order valence-electron chi connectivity index (χ1n) is 8.69. The summed E-state index contributed by atoms with van der Waals surface area (Å²) < 4.78 is 24.5. The number of benzene rings is 2. The van der Waals surface area contributed by atoms with E-state index in [2.05, 4.69) is 15.9 Å². The maximum Gasteiger partial charge on any atom is 0.255 e. The molecule has 6 nitrogen and oxygen atoms in total. The molecule has 0 spiro atoms. The van der Waals surface area contributed by atoms with Crippen molar-refractivity contribution >= 4 is 27.7 Å². The molecule has 2 amide bonds. The van der Waals surface area contributed by atoms with E-state index in [1.807, 2.05) is 0 Å². The average Bonchev–Trinajstić information content (AvgIpc) is 2.74. The molecule has 0 aliphatic carbocycles. The van der Waals surface area contributed by atoms with Crippen LogP contribution in [0.4, 0.5) is 4.39 Å². The summed E-state index contributed by atoms with van der Waals surface area (Å²) in [5.41, 5.74) is 0.737. The first-order chi connectivity index (χ1) is 13.4. The second-order valence-electron chi connectivity index (χ2n) is 6.31. The molecule has 0 saturated carbocycles. The third kappa shape index (κ3) is 4.27. The molecule has 28 heavy (non-hydrogen) atoms. The van der Waals surface area contributed by atoms with Gasteiger partial charge in [0.15, 0.2) is 0 Å². The Morgan fingerprint density at radius 3 is 1.96 bits per heavy atom. The minimum atomic E-state index is -0.465. The van der Waals surface area contributed by atoms with Gasteiger partial charge in [0.1, 0.15) is 17.3 Å². The van der Waals surface area contributed by atoms with Gasteiger partial charge in [-0.15, -0.1) is 0 Å². The molecule has 0 unspecified atom stereocenters. The molecule has 0 aromatic heterocycles. The van der Waals surface area contributed by atoms with Crippen LogP contribution in [0.25, 0.3) is 0 Å². The predicted molar refractivity (Wildman–Crippen MR) is 105 cm³/mol. The van der Waals surface area contributed by atoms with Crippen LogP contribution < -0.4 is 9.47 Å². The van der Waals surface area contributed by atoms with Crippen molar-refractivity contribution in [3.05, 3.63) is 57.8 Å². The highest BCUT2D eigenvalue weighted by molar-refractivity contribution is 9.10. The minimum absolute atomic E-state index is 0.156. The van der Waals surface area contributed by atoms with Crippen LogP contribution in [0.5, 0.6) is 11.5 Å². The molecular formula is C20H20BrFN2O4. The second kappa shape index (κ2) is 8.60. The summed E-state index contributed by atoms with van der Waals surface area (Å²) >= 11 is 3.29. The van der Waals surface area contributed by atoms with Gasteiger partial charge in [-0.05, 0) is 46.3 Å². The van der Waals surface area contributed by atoms with E-state index in [-0.39, 0.29) is 17.4 Å². The molecule has 148 valence electrons. The summed E-state index contributed by atoms with van der Waals surface area (Å²) in [5.74, 6) is 0.185. The zero-order valence-electron chi connectivity index (χ0n) is 15.6. The number of ether oxygens (including phenoxy) is 2. The monoisotopic (exact) mass is 450 g/mol. The van der Waals surface area contributed by atoms with Crippen molar-refractivity contribution in [3.63, 3.8) is 0 Å². The second-order valence-corrected chi connectivity index (χ2v) is 7.16. The van der Waals surface area contributed by atoms with Crippen LogP contribution in [-0.4, -0.2) is 62.0 Å². The van der Waals surface area contributed by atoms with Crippen LogP contribution in [0.3, 0.4) is 0 Å². The van der Waals surface area contributed by atoms with Crippen molar-refractivity contribution in [1.29, 1.82) is 0 Å². The summed E-state index contributed by atoms with van der Waals surface area (Å²) in [5, 5.41) is 0. The highest BCUT2D eigenvalue weighted by Gasteiger charge is 2.27. The van der Waals surface area contributed by atoms with Crippen LogP contribution in [-0.2, 0) is 0 Å². The Labute approximate surface area is 171 Å². The molecule has 1 aliphatic heterocycles. The number of methoxy groups -OCH3 is 2. The average molecular weight is 451 g/mol. The van der Waals surface area contributed by atoms with Crippen LogP contribution in [0.1, 0.15) is 20.7 Å². The lowest BCUT2D eigenvalue weighted by atomic mass is 10.1. The molecule has 1 fully saturated rings. The number of rotatable bonds is 4. The number of amides is 2. The number of halogens is 2. The summed E-state index contributed by atoms with van der Waals surface area (Å²) in [4.78, 5) is 28.8. The van der Waals surface area contributed by atoms with Gasteiger partial charge < -0.3 is 19.3 Å². The molecule has 3 rings (SSSR count). The van der Waals surface area contributed by atoms with Gasteiger partial charge in [0.2, 0.25) is 0 Å². The summed E-state index contributed by atoms with van der Waals surface area (Å²) in [6, 6.07) is 9.04. The predicted octanol–water partition coefficient (Wildman–Crippen LogP) is 3.20. The van der Waals surface area contributed by atoms with Crippen molar-refractivity contribution in [2.24, 2.45) is 0 Å². The quantitative estimate of drug-likeness (QED) is 0.717. The first-order valence-corrected chi connectivity index (χ1v) is 9.49. The number of hydrogen-bond donors (Lipinski definition) is 0. The van der Waals surface area contributed by atoms with Crippen LogP contribution in [0.15, 0.2) is 40.9 Å². The zero-order chi connectivity index (χ0) is 20.3. The van der Waals surface area contributed by atoms with Crippen LogP contribution >= 0.6 is 15.9 Å². The fraction of sp³-hybridized carbons (Fsp3) is 0.300. The Morgan fingerprint density at radius 1 is 0.893 bits per heavy atom. The molecule has 0 atom stereocenters. The highest BCUT2D eigenvalue weighted by Crippen LogP contribution is 2.24. The Balaban J connectivity index is 1.69. The largest absolute Gasteiger partial charge is 0.497 e. The Morgan fingerprint density at radius 2 is 1.43 bits per heavy atom. The lowest BCUT2D eigenvalue weighted by Crippen LogP contribution is -2.50. The summed E-state index contributed by atoms with van der Waals surface area (Å²) in [7, 11) is 3.05. The van der Waals surface area contributed by atoms with E-state index in [1.165, 1.54) is 32.4 Å². The van der Waals surface area contributed by atoms with Crippen LogP contribution in [0.2, 0.25) is 0 Å². The van der Waals surface area contributed by atoms with Gasteiger partial charge in [-0.3, -0.25) is 9.59 Å². The van der Waals surface area contributed by atoms with Crippen molar-refractivity contribution in [1.82, 2.24) is 9.80 Å².